The van der Waals surface area contributed by atoms with Crippen LogP contribution in [-0.4, -0.2) is 26.8 Å². The quantitative estimate of drug-likeness (QED) is 0.157. The third-order valence-electron chi connectivity index (χ3n) is 12.7. The summed E-state index contributed by atoms with van der Waals surface area (Å²) in [6.45, 7) is 0. The van der Waals surface area contributed by atoms with Crippen LogP contribution in [0.5, 0.6) is 0 Å². The molecule has 4 nitrogen and oxygen atoms in total. The number of nitrogens with zero attached hydrogens (tertiary/aromatic N) is 4. The minimum Gasteiger partial charge on any atom is -0.342 e. The second-order valence-electron chi connectivity index (χ2n) is 16.5. The summed E-state index contributed by atoms with van der Waals surface area (Å²) >= 11 is 0. The summed E-state index contributed by atoms with van der Waals surface area (Å²) < 4.78 is 4.79. The van der Waals surface area contributed by atoms with Crippen molar-refractivity contribution in [1.29, 1.82) is 0 Å². The molecule has 0 saturated heterocycles. The average molecular weight is 807 g/mol. The number of para-hydroxylation sites is 2. The number of hydrogen-bond acceptors (Lipinski definition) is 2. The van der Waals surface area contributed by atoms with Gasteiger partial charge >= 0.3 is 0 Å². The second kappa shape index (κ2) is 15.1. The lowest BCUT2D eigenvalue weighted by Crippen LogP contribution is -2.27. The van der Waals surface area contributed by atoms with Crippen molar-refractivity contribution < 1.29 is 0 Å². The fraction of sp³-hybridized carbons (Fsp3) is 0.0339. The van der Waals surface area contributed by atoms with Gasteiger partial charge in [-0.2, -0.15) is 0 Å². The fourth-order valence-electron chi connectivity index (χ4n) is 9.58. The summed E-state index contributed by atoms with van der Waals surface area (Å²) in [5.74, 6) is 0. The Morgan fingerprint density at radius 1 is 0.349 bits per heavy atom. The van der Waals surface area contributed by atoms with Crippen molar-refractivity contribution in [3.8, 4) is 50.2 Å². The molecule has 1 unspecified atom stereocenters. The molecule has 1 aliphatic heterocycles. The van der Waals surface area contributed by atoms with Gasteiger partial charge in [-0.3, -0.25) is 0 Å². The van der Waals surface area contributed by atoms with E-state index in [1.54, 1.807) is 0 Å². The van der Waals surface area contributed by atoms with Crippen LogP contribution in [0.25, 0.3) is 93.8 Å². The summed E-state index contributed by atoms with van der Waals surface area (Å²) in [6, 6.07) is 79.0. The molecule has 0 radical (unpaired) electrons. The summed E-state index contributed by atoms with van der Waals surface area (Å²) in [7, 11) is 2.12. The standard InChI is InChI=1S/C59H42N4/c1-61-35-34-54(48-19-13-18-44(36-48)43-26-24-42(25-27-43)40-14-5-2-6-15-40)60-59(61)63-55-23-12-11-22-50(55)51-38-46(30-33-58(51)63)47-29-32-57-53(39-47)52-37-45(41-16-7-3-8-17-41)28-31-56(52)62(57)49-20-9-4-10-21-49/h2-39,59H,1H3. The van der Waals surface area contributed by atoms with Gasteiger partial charge < -0.3 is 14.0 Å². The number of fused-ring (bicyclic) bond motifs is 6. The normalized spacial score (nSPS) is 14.0. The van der Waals surface area contributed by atoms with Crippen LogP contribution < -0.4 is 0 Å². The van der Waals surface area contributed by atoms with Crippen LogP contribution in [0, 0.1) is 0 Å². The molecule has 63 heavy (non-hydrogen) atoms. The second-order valence-corrected chi connectivity index (χ2v) is 16.5. The maximum atomic E-state index is 5.48. The van der Waals surface area contributed by atoms with E-state index in [9.17, 15) is 0 Å². The van der Waals surface area contributed by atoms with Gasteiger partial charge in [0.1, 0.15) is 0 Å². The van der Waals surface area contributed by atoms with Crippen molar-refractivity contribution in [2.45, 2.75) is 6.29 Å². The molecule has 11 aromatic rings. The first-order chi connectivity index (χ1) is 31.1. The number of aromatic nitrogens is 2. The van der Waals surface area contributed by atoms with E-state index in [1.165, 1.54) is 77.1 Å². The Bertz CT molecular complexity index is 3560. The lowest BCUT2D eigenvalue weighted by atomic mass is 9.98. The molecule has 0 fully saturated rings. The smallest absolute Gasteiger partial charge is 0.203 e. The first kappa shape index (κ1) is 36.6. The highest BCUT2D eigenvalue weighted by Gasteiger charge is 2.24. The molecule has 0 N–H and O–H groups in total. The van der Waals surface area contributed by atoms with E-state index in [4.69, 9.17) is 4.99 Å². The Morgan fingerprint density at radius 2 is 0.778 bits per heavy atom. The third-order valence-corrected chi connectivity index (χ3v) is 12.7. The van der Waals surface area contributed by atoms with Crippen LogP contribution in [0.3, 0.4) is 0 Å². The summed E-state index contributed by atoms with van der Waals surface area (Å²) in [5.41, 5.74) is 17.5. The molecule has 0 saturated carbocycles. The number of hydrogen-bond donors (Lipinski definition) is 0. The Morgan fingerprint density at radius 3 is 1.43 bits per heavy atom. The maximum absolute atomic E-state index is 5.48. The highest BCUT2D eigenvalue weighted by Crippen LogP contribution is 2.40. The van der Waals surface area contributed by atoms with Crippen molar-refractivity contribution in [3.05, 3.63) is 236 Å². The molecule has 1 atom stereocenters. The predicted octanol–water partition coefficient (Wildman–Crippen LogP) is 15.0. The Labute approximate surface area is 366 Å². The Kier molecular flexibility index (Phi) is 8.75. The van der Waals surface area contributed by atoms with E-state index in [0.717, 1.165) is 28.0 Å². The molecule has 4 heteroatoms. The summed E-state index contributed by atoms with van der Waals surface area (Å²) in [5, 5.41) is 4.90. The van der Waals surface area contributed by atoms with E-state index in [0.29, 0.717) is 0 Å². The van der Waals surface area contributed by atoms with Gasteiger partial charge in [-0.05, 0) is 111 Å². The lowest BCUT2D eigenvalue weighted by Gasteiger charge is -2.30. The van der Waals surface area contributed by atoms with E-state index in [2.05, 4.69) is 252 Å². The van der Waals surface area contributed by atoms with Crippen molar-refractivity contribution in [1.82, 2.24) is 14.0 Å². The van der Waals surface area contributed by atoms with Crippen LogP contribution in [0.1, 0.15) is 11.9 Å². The van der Waals surface area contributed by atoms with E-state index >= 15 is 0 Å². The van der Waals surface area contributed by atoms with E-state index < -0.39 is 0 Å². The molecule has 2 aromatic heterocycles. The molecule has 298 valence electrons. The molecule has 0 aliphatic carbocycles. The van der Waals surface area contributed by atoms with Gasteiger partial charge in [-0.1, -0.05) is 158 Å². The van der Waals surface area contributed by atoms with Gasteiger partial charge in [0.2, 0.25) is 6.29 Å². The zero-order valence-electron chi connectivity index (χ0n) is 34.8. The van der Waals surface area contributed by atoms with E-state index in [-0.39, 0.29) is 6.29 Å². The largest absolute Gasteiger partial charge is 0.342 e. The van der Waals surface area contributed by atoms with Gasteiger partial charge in [-0.25, -0.2) is 4.99 Å². The molecule has 12 rings (SSSR count). The number of benzene rings is 9. The fourth-order valence-corrected chi connectivity index (χ4v) is 9.58. The van der Waals surface area contributed by atoms with Crippen LogP contribution in [-0.2, 0) is 0 Å². The van der Waals surface area contributed by atoms with Crippen molar-refractivity contribution >= 4 is 49.3 Å². The predicted molar refractivity (Wildman–Crippen MR) is 264 cm³/mol. The Hall–Kier alpha value is -8.21. The molecule has 1 aliphatic rings. The average Bonchev–Trinajstić information content (AvgIpc) is 3.87. The molecule has 0 bridgehead atoms. The van der Waals surface area contributed by atoms with Crippen molar-refractivity contribution in [2.75, 3.05) is 7.05 Å². The summed E-state index contributed by atoms with van der Waals surface area (Å²) in [6.07, 6.45) is 4.02. The van der Waals surface area contributed by atoms with Crippen LogP contribution >= 0.6 is 0 Å². The minimum absolute atomic E-state index is 0.272. The van der Waals surface area contributed by atoms with Gasteiger partial charge in [0.15, 0.2) is 0 Å². The zero-order valence-corrected chi connectivity index (χ0v) is 34.8. The van der Waals surface area contributed by atoms with Gasteiger partial charge in [0, 0.05) is 46.0 Å². The molecular weight excluding hydrogens is 765 g/mol. The van der Waals surface area contributed by atoms with Crippen LogP contribution in [0.2, 0.25) is 0 Å². The maximum Gasteiger partial charge on any atom is 0.203 e. The topological polar surface area (TPSA) is 25.5 Å². The first-order valence-corrected chi connectivity index (χ1v) is 21.6. The Balaban J connectivity index is 0.941. The molecule has 0 amide bonds. The SMILES string of the molecule is CN1C=CC(c2cccc(-c3ccc(-c4ccccc4)cc3)c2)=NC1n1c2ccccc2c2cc(-c3ccc4c(c3)c3cc(-c5ccccc5)ccc3n4-c3ccccc3)ccc21. The third kappa shape index (κ3) is 6.35. The van der Waals surface area contributed by atoms with Gasteiger partial charge in [0.05, 0.1) is 27.8 Å². The van der Waals surface area contributed by atoms with Crippen molar-refractivity contribution in [2.24, 2.45) is 4.99 Å². The van der Waals surface area contributed by atoms with E-state index in [1.807, 2.05) is 0 Å². The van der Waals surface area contributed by atoms with Crippen molar-refractivity contribution in [3.63, 3.8) is 0 Å². The van der Waals surface area contributed by atoms with Crippen LogP contribution in [0.15, 0.2) is 236 Å². The zero-order chi connectivity index (χ0) is 41.9. The molecule has 0 spiro atoms. The van der Waals surface area contributed by atoms with Gasteiger partial charge in [0.25, 0.3) is 0 Å². The number of allylic oxidation sites excluding steroid dienone is 1. The van der Waals surface area contributed by atoms with Crippen LogP contribution in [0.4, 0.5) is 0 Å². The molecule has 3 heterocycles. The number of aliphatic imine (C=N–C) groups is 1. The lowest BCUT2D eigenvalue weighted by molar-refractivity contribution is 0.266. The molecular formula is C59H42N4. The first-order valence-electron chi connectivity index (χ1n) is 21.6. The minimum atomic E-state index is -0.272. The highest BCUT2D eigenvalue weighted by atomic mass is 15.4. The molecule has 9 aromatic carbocycles. The highest BCUT2D eigenvalue weighted by molar-refractivity contribution is 6.13. The summed E-state index contributed by atoms with van der Waals surface area (Å²) in [4.78, 5) is 7.68. The monoisotopic (exact) mass is 806 g/mol. The number of rotatable bonds is 7. The van der Waals surface area contributed by atoms with Gasteiger partial charge in [-0.15, -0.1) is 0 Å².